The second-order valence-electron chi connectivity index (χ2n) is 8.80. The minimum atomic E-state index is 1.37. The van der Waals surface area contributed by atoms with Gasteiger partial charge in [0, 0.05) is 11.5 Å². The molecule has 0 N–H and O–H groups in total. The van der Waals surface area contributed by atoms with Crippen LogP contribution in [0.1, 0.15) is 117 Å². The number of hydrogen-bond donors (Lipinski definition) is 0. The summed E-state index contributed by atoms with van der Waals surface area (Å²) in [5, 5.41) is 0. The van der Waals surface area contributed by atoms with E-state index in [0.717, 1.165) is 0 Å². The molecule has 0 radical (unpaired) electrons. The Kier molecular flexibility index (Phi) is 16.3. The first kappa shape index (κ1) is 24.3. The first-order valence-corrected chi connectivity index (χ1v) is 13.4. The molecule has 0 spiro atoms. The van der Waals surface area contributed by atoms with Crippen LogP contribution in [0.2, 0.25) is 0 Å². The molecule has 1 fully saturated rings. The smallest absolute Gasteiger partial charge is 0.0878 e. The molecule has 0 aromatic rings. The highest BCUT2D eigenvalue weighted by atomic mass is 32.2. The minimum Gasteiger partial charge on any atom is -0.322 e. The molecule has 2 heteroatoms. The van der Waals surface area contributed by atoms with Gasteiger partial charge in [-0.2, -0.15) is 11.8 Å². The fraction of sp³-hybridized carbons (Fsp3) is 1.00. The zero-order valence-electron chi connectivity index (χ0n) is 18.4. The molecule has 156 valence electrons. The molecule has 0 unspecified atom stereocenters. The van der Waals surface area contributed by atoms with Gasteiger partial charge in [-0.3, -0.25) is 0 Å². The summed E-state index contributed by atoms with van der Waals surface area (Å²) in [6.45, 7) is 10.5. The molecule has 0 amide bonds. The van der Waals surface area contributed by atoms with Crippen molar-refractivity contribution in [2.24, 2.45) is 0 Å². The van der Waals surface area contributed by atoms with E-state index < -0.39 is 0 Å². The standard InChI is InChI=1S/C24H50NS/c1-3-5-7-9-11-12-13-14-16-18-20-25(21-23-26-24-22-25)19-17-15-10-8-6-4-2/h3-24H2,1-2H3/q+1. The third-order valence-electron chi connectivity index (χ3n) is 6.39. The van der Waals surface area contributed by atoms with Gasteiger partial charge in [-0.05, 0) is 25.7 Å². The van der Waals surface area contributed by atoms with Crippen LogP contribution in [0.25, 0.3) is 0 Å². The minimum absolute atomic E-state index is 1.37. The maximum Gasteiger partial charge on any atom is 0.0878 e. The first-order chi connectivity index (χ1) is 12.8. The Bertz CT molecular complexity index is 286. The molecule has 0 aromatic carbocycles. The lowest BCUT2D eigenvalue weighted by atomic mass is 10.1. The van der Waals surface area contributed by atoms with E-state index in [-0.39, 0.29) is 0 Å². The maximum atomic E-state index is 2.32. The lowest BCUT2D eigenvalue weighted by Crippen LogP contribution is -2.54. The molecular weight excluding hydrogens is 334 g/mol. The van der Waals surface area contributed by atoms with Crippen LogP contribution in [-0.4, -0.2) is 42.2 Å². The number of nitrogens with zero attached hydrogens (tertiary/aromatic N) is 1. The van der Waals surface area contributed by atoms with Crippen molar-refractivity contribution in [3.8, 4) is 0 Å². The number of quaternary nitrogens is 1. The Morgan fingerprint density at radius 1 is 0.500 bits per heavy atom. The summed E-state index contributed by atoms with van der Waals surface area (Å²) >= 11 is 2.19. The summed E-state index contributed by atoms with van der Waals surface area (Å²) in [4.78, 5) is 0. The van der Waals surface area contributed by atoms with Crippen LogP contribution in [0.5, 0.6) is 0 Å². The highest BCUT2D eigenvalue weighted by molar-refractivity contribution is 7.99. The highest BCUT2D eigenvalue weighted by Crippen LogP contribution is 2.22. The van der Waals surface area contributed by atoms with Crippen LogP contribution in [-0.2, 0) is 0 Å². The normalized spacial score (nSPS) is 16.8. The van der Waals surface area contributed by atoms with Gasteiger partial charge in [0.05, 0.1) is 26.2 Å². The first-order valence-electron chi connectivity index (χ1n) is 12.3. The quantitative estimate of drug-likeness (QED) is 0.171. The van der Waals surface area contributed by atoms with Gasteiger partial charge in [0.25, 0.3) is 0 Å². The molecule has 0 atom stereocenters. The van der Waals surface area contributed by atoms with Crippen LogP contribution in [0.4, 0.5) is 0 Å². The van der Waals surface area contributed by atoms with Gasteiger partial charge in [-0.25, -0.2) is 0 Å². The van der Waals surface area contributed by atoms with Gasteiger partial charge >= 0.3 is 0 Å². The second kappa shape index (κ2) is 17.4. The predicted molar refractivity (Wildman–Crippen MR) is 122 cm³/mol. The Balaban J connectivity index is 2.06. The van der Waals surface area contributed by atoms with Crippen LogP contribution < -0.4 is 0 Å². The van der Waals surface area contributed by atoms with E-state index in [1.54, 1.807) is 0 Å². The molecule has 0 saturated carbocycles. The van der Waals surface area contributed by atoms with Gasteiger partial charge in [0.1, 0.15) is 0 Å². The van der Waals surface area contributed by atoms with Gasteiger partial charge < -0.3 is 4.48 Å². The van der Waals surface area contributed by atoms with E-state index in [9.17, 15) is 0 Å². The van der Waals surface area contributed by atoms with Crippen LogP contribution in [0.15, 0.2) is 0 Å². The van der Waals surface area contributed by atoms with Crippen molar-refractivity contribution in [1.82, 2.24) is 0 Å². The van der Waals surface area contributed by atoms with Crippen molar-refractivity contribution < 1.29 is 4.48 Å². The molecule has 0 bridgehead atoms. The summed E-state index contributed by atoms with van der Waals surface area (Å²) in [5.74, 6) is 2.82. The van der Waals surface area contributed by atoms with Gasteiger partial charge in [0.15, 0.2) is 0 Å². The second-order valence-corrected chi connectivity index (χ2v) is 10.0. The van der Waals surface area contributed by atoms with Crippen molar-refractivity contribution in [1.29, 1.82) is 0 Å². The summed E-state index contributed by atoms with van der Waals surface area (Å²) in [5.41, 5.74) is 0. The number of unbranched alkanes of at least 4 members (excludes halogenated alkanes) is 14. The average Bonchev–Trinajstić information content (AvgIpc) is 2.67. The predicted octanol–water partition coefficient (Wildman–Crippen LogP) is 7.83. The third-order valence-corrected chi connectivity index (χ3v) is 7.33. The van der Waals surface area contributed by atoms with E-state index in [1.165, 1.54) is 145 Å². The summed E-state index contributed by atoms with van der Waals surface area (Å²) < 4.78 is 1.47. The molecular formula is C24H50NS+. The molecule has 1 saturated heterocycles. The molecule has 0 aliphatic carbocycles. The lowest BCUT2D eigenvalue weighted by molar-refractivity contribution is -0.925. The van der Waals surface area contributed by atoms with Gasteiger partial charge in [0.2, 0.25) is 0 Å². The molecule has 26 heavy (non-hydrogen) atoms. The average molecular weight is 385 g/mol. The van der Waals surface area contributed by atoms with E-state index >= 15 is 0 Å². The lowest BCUT2D eigenvalue weighted by Gasteiger charge is -2.41. The van der Waals surface area contributed by atoms with E-state index in [2.05, 4.69) is 25.6 Å². The van der Waals surface area contributed by atoms with Crippen molar-refractivity contribution in [2.75, 3.05) is 37.7 Å². The molecule has 1 heterocycles. The topological polar surface area (TPSA) is 0 Å². The zero-order valence-corrected chi connectivity index (χ0v) is 19.2. The molecule has 1 aliphatic rings. The number of rotatable bonds is 18. The Labute approximate surface area is 170 Å². The maximum absolute atomic E-state index is 2.32. The van der Waals surface area contributed by atoms with Crippen LogP contribution in [0.3, 0.4) is 0 Å². The van der Waals surface area contributed by atoms with Crippen molar-refractivity contribution >= 4 is 11.8 Å². The van der Waals surface area contributed by atoms with Crippen molar-refractivity contribution in [3.63, 3.8) is 0 Å². The van der Waals surface area contributed by atoms with Crippen LogP contribution in [0, 0.1) is 0 Å². The Hall–Kier alpha value is 0.310. The molecule has 1 rings (SSSR count). The van der Waals surface area contributed by atoms with E-state index in [0.29, 0.717) is 0 Å². The summed E-state index contributed by atoms with van der Waals surface area (Å²) in [6, 6.07) is 0. The molecule has 1 aliphatic heterocycles. The summed E-state index contributed by atoms with van der Waals surface area (Å²) in [6.07, 6.45) is 23.4. The highest BCUT2D eigenvalue weighted by Gasteiger charge is 2.28. The number of hydrogen-bond acceptors (Lipinski definition) is 1. The Morgan fingerprint density at radius 3 is 1.23 bits per heavy atom. The fourth-order valence-electron chi connectivity index (χ4n) is 4.45. The monoisotopic (exact) mass is 384 g/mol. The van der Waals surface area contributed by atoms with Crippen LogP contribution >= 0.6 is 11.8 Å². The van der Waals surface area contributed by atoms with Gasteiger partial charge in [-0.1, -0.05) is 90.9 Å². The SMILES string of the molecule is CCCCCCCCCCCC[N+]1(CCCCCCCC)CCSCC1. The number of thioether (sulfide) groups is 1. The molecule has 1 nitrogen and oxygen atoms in total. The largest absolute Gasteiger partial charge is 0.322 e. The molecule has 0 aromatic heterocycles. The van der Waals surface area contributed by atoms with Crippen molar-refractivity contribution in [3.05, 3.63) is 0 Å². The van der Waals surface area contributed by atoms with Gasteiger partial charge in [-0.15, -0.1) is 0 Å². The van der Waals surface area contributed by atoms with Crippen molar-refractivity contribution in [2.45, 2.75) is 117 Å². The zero-order chi connectivity index (χ0) is 18.8. The third kappa shape index (κ3) is 12.7. The Morgan fingerprint density at radius 2 is 0.846 bits per heavy atom. The summed E-state index contributed by atoms with van der Waals surface area (Å²) in [7, 11) is 0. The fourth-order valence-corrected chi connectivity index (χ4v) is 5.69. The van der Waals surface area contributed by atoms with E-state index in [1.807, 2.05) is 0 Å². The van der Waals surface area contributed by atoms with E-state index in [4.69, 9.17) is 0 Å².